The van der Waals surface area contributed by atoms with E-state index in [-0.39, 0.29) is 11.2 Å². The number of rotatable bonds is 4. The molecule has 3 aromatic rings. The second-order valence-electron chi connectivity index (χ2n) is 5.36. The summed E-state index contributed by atoms with van der Waals surface area (Å²) >= 11 is 0. The predicted molar refractivity (Wildman–Crippen MR) is 91.5 cm³/mol. The Labute approximate surface area is 146 Å². The Bertz CT molecular complexity index is 976. The van der Waals surface area contributed by atoms with Gasteiger partial charge in [0.25, 0.3) is 0 Å². The molecule has 0 saturated carbocycles. The highest BCUT2D eigenvalue weighted by molar-refractivity contribution is 5.98. The van der Waals surface area contributed by atoms with Crippen molar-refractivity contribution in [3.63, 3.8) is 0 Å². The zero-order valence-corrected chi connectivity index (χ0v) is 13.7. The number of hydrogen-bond donors (Lipinski definition) is 1. The first-order chi connectivity index (χ1) is 12.3. The SMILES string of the molecule is C=CC(=O)Nc1ccc(-n2c(C(F)(F)F)nc3cc(OC)ccc32)cc1. The first-order valence-electron chi connectivity index (χ1n) is 7.51. The molecule has 0 aliphatic carbocycles. The van der Waals surface area contributed by atoms with Crippen LogP contribution < -0.4 is 10.1 Å². The Kier molecular flexibility index (Phi) is 4.41. The van der Waals surface area contributed by atoms with Crippen LogP contribution in [0.15, 0.2) is 55.1 Å². The minimum atomic E-state index is -4.64. The molecule has 0 aliphatic heterocycles. The van der Waals surface area contributed by atoms with Crippen molar-refractivity contribution < 1.29 is 22.7 Å². The molecule has 0 aliphatic rings. The summed E-state index contributed by atoms with van der Waals surface area (Å²) in [6.45, 7) is 3.34. The van der Waals surface area contributed by atoms with Crippen molar-refractivity contribution >= 4 is 22.6 Å². The molecule has 0 radical (unpaired) electrons. The average molecular weight is 361 g/mol. The smallest absolute Gasteiger partial charge is 0.450 e. The first kappa shape index (κ1) is 17.5. The fourth-order valence-electron chi connectivity index (χ4n) is 2.53. The van der Waals surface area contributed by atoms with Crippen molar-refractivity contribution in [1.29, 1.82) is 0 Å². The molecule has 1 aromatic heterocycles. The van der Waals surface area contributed by atoms with Gasteiger partial charge in [-0.2, -0.15) is 13.2 Å². The fraction of sp³-hybridized carbons (Fsp3) is 0.111. The van der Waals surface area contributed by atoms with E-state index in [1.165, 1.54) is 43.5 Å². The van der Waals surface area contributed by atoms with E-state index in [0.717, 1.165) is 10.6 Å². The number of benzene rings is 2. The number of carbonyl (C=O) groups is 1. The number of methoxy groups -OCH3 is 1. The number of fused-ring (bicyclic) bond motifs is 1. The summed E-state index contributed by atoms with van der Waals surface area (Å²) in [6, 6.07) is 10.5. The average Bonchev–Trinajstić information content (AvgIpc) is 3.01. The lowest BCUT2D eigenvalue weighted by Gasteiger charge is -2.12. The molecule has 3 rings (SSSR count). The van der Waals surface area contributed by atoms with Crippen molar-refractivity contribution in [3.8, 4) is 11.4 Å². The number of anilines is 1. The zero-order valence-electron chi connectivity index (χ0n) is 13.7. The third-order valence-corrected chi connectivity index (χ3v) is 3.69. The Morgan fingerprint density at radius 1 is 1.23 bits per heavy atom. The largest absolute Gasteiger partial charge is 0.497 e. The standard InChI is InChI=1S/C18H14F3N3O2/c1-3-16(25)22-11-4-6-12(7-5-11)24-15-9-8-13(26-2)10-14(15)23-17(24)18(19,20)21/h3-10H,1H2,2H3,(H,22,25). The van der Waals surface area contributed by atoms with Gasteiger partial charge in [-0.1, -0.05) is 6.58 Å². The molecule has 1 heterocycles. The van der Waals surface area contributed by atoms with Crippen molar-refractivity contribution in [2.24, 2.45) is 0 Å². The highest BCUT2D eigenvalue weighted by Gasteiger charge is 2.38. The molecule has 1 amide bonds. The first-order valence-corrected chi connectivity index (χ1v) is 7.51. The van der Waals surface area contributed by atoms with Crippen LogP contribution in [0.25, 0.3) is 16.7 Å². The summed E-state index contributed by atoms with van der Waals surface area (Å²) in [7, 11) is 1.43. The van der Waals surface area contributed by atoms with Gasteiger partial charge in [0, 0.05) is 17.4 Å². The van der Waals surface area contributed by atoms with Gasteiger partial charge in [-0.15, -0.1) is 0 Å². The quantitative estimate of drug-likeness (QED) is 0.710. The Morgan fingerprint density at radius 2 is 1.92 bits per heavy atom. The third-order valence-electron chi connectivity index (χ3n) is 3.69. The van der Waals surface area contributed by atoms with E-state index >= 15 is 0 Å². The number of carbonyl (C=O) groups excluding carboxylic acids is 1. The normalized spacial score (nSPS) is 11.4. The van der Waals surface area contributed by atoms with E-state index in [0.29, 0.717) is 17.0 Å². The molecule has 0 unspecified atom stereocenters. The summed E-state index contributed by atoms with van der Waals surface area (Å²) in [4.78, 5) is 15.0. The number of aromatic nitrogens is 2. The van der Waals surface area contributed by atoms with Crippen LogP contribution >= 0.6 is 0 Å². The molecule has 8 heteroatoms. The van der Waals surface area contributed by atoms with Gasteiger partial charge in [0.2, 0.25) is 11.7 Å². The summed E-state index contributed by atoms with van der Waals surface area (Å²) in [5.74, 6) is -1.03. The summed E-state index contributed by atoms with van der Waals surface area (Å²) < 4.78 is 46.5. The molecule has 0 bridgehead atoms. The lowest BCUT2D eigenvalue weighted by molar-refractivity contribution is -0.145. The van der Waals surface area contributed by atoms with Gasteiger partial charge >= 0.3 is 6.18 Å². The van der Waals surface area contributed by atoms with E-state index in [1.54, 1.807) is 6.07 Å². The van der Waals surface area contributed by atoms with Crippen LogP contribution in [0.1, 0.15) is 5.82 Å². The highest BCUT2D eigenvalue weighted by Crippen LogP contribution is 2.35. The minimum absolute atomic E-state index is 0.167. The fourth-order valence-corrected chi connectivity index (χ4v) is 2.53. The van der Waals surface area contributed by atoms with E-state index in [2.05, 4.69) is 16.9 Å². The second kappa shape index (κ2) is 6.55. The van der Waals surface area contributed by atoms with Crippen molar-refractivity contribution in [2.75, 3.05) is 12.4 Å². The van der Waals surface area contributed by atoms with Gasteiger partial charge in [-0.3, -0.25) is 9.36 Å². The number of imidazole rings is 1. The van der Waals surface area contributed by atoms with E-state index in [9.17, 15) is 18.0 Å². The third kappa shape index (κ3) is 3.26. The number of nitrogens with zero attached hydrogens (tertiary/aromatic N) is 2. The van der Waals surface area contributed by atoms with Gasteiger partial charge in [0.1, 0.15) is 5.75 Å². The van der Waals surface area contributed by atoms with Gasteiger partial charge in [0.05, 0.1) is 18.1 Å². The summed E-state index contributed by atoms with van der Waals surface area (Å²) in [6.07, 6.45) is -3.53. The number of ether oxygens (including phenoxy) is 1. The van der Waals surface area contributed by atoms with E-state index in [1.807, 2.05) is 0 Å². The van der Waals surface area contributed by atoms with Crippen LogP contribution in [0.2, 0.25) is 0 Å². The van der Waals surface area contributed by atoms with Gasteiger partial charge < -0.3 is 10.1 Å². The minimum Gasteiger partial charge on any atom is -0.497 e. The van der Waals surface area contributed by atoms with E-state index < -0.39 is 17.9 Å². The van der Waals surface area contributed by atoms with Crippen molar-refractivity contribution in [2.45, 2.75) is 6.18 Å². The maximum absolute atomic E-state index is 13.5. The lowest BCUT2D eigenvalue weighted by atomic mass is 10.2. The number of halogens is 3. The van der Waals surface area contributed by atoms with Crippen molar-refractivity contribution in [1.82, 2.24) is 9.55 Å². The highest BCUT2D eigenvalue weighted by atomic mass is 19.4. The maximum atomic E-state index is 13.5. The van der Waals surface area contributed by atoms with Crippen molar-refractivity contribution in [3.05, 3.63) is 60.9 Å². The molecule has 5 nitrogen and oxygen atoms in total. The molecular formula is C18H14F3N3O2. The Balaban J connectivity index is 2.13. The molecular weight excluding hydrogens is 347 g/mol. The molecule has 26 heavy (non-hydrogen) atoms. The number of amides is 1. The molecule has 134 valence electrons. The van der Waals surface area contributed by atoms with Crippen LogP contribution in [0.4, 0.5) is 18.9 Å². The monoisotopic (exact) mass is 361 g/mol. The predicted octanol–water partition coefficient (Wildman–Crippen LogP) is 4.18. The molecule has 1 N–H and O–H groups in total. The summed E-state index contributed by atoms with van der Waals surface area (Å²) in [5, 5.41) is 2.54. The van der Waals surface area contributed by atoms with Gasteiger partial charge in [-0.05, 0) is 42.5 Å². The molecule has 0 spiro atoms. The van der Waals surface area contributed by atoms with Crippen LogP contribution in [-0.4, -0.2) is 22.6 Å². The Morgan fingerprint density at radius 3 is 2.50 bits per heavy atom. The number of hydrogen-bond acceptors (Lipinski definition) is 3. The topological polar surface area (TPSA) is 56.2 Å². The van der Waals surface area contributed by atoms with Gasteiger partial charge in [0.15, 0.2) is 0 Å². The zero-order chi connectivity index (χ0) is 18.9. The Hall–Kier alpha value is -3.29. The summed E-state index contributed by atoms with van der Waals surface area (Å²) in [5.41, 5.74) is 1.17. The second-order valence-corrected chi connectivity index (χ2v) is 5.36. The van der Waals surface area contributed by atoms with E-state index in [4.69, 9.17) is 4.74 Å². The molecule has 2 aromatic carbocycles. The molecule has 0 saturated heterocycles. The molecule has 0 atom stereocenters. The van der Waals surface area contributed by atoms with Crippen LogP contribution in [0.5, 0.6) is 5.75 Å². The molecule has 0 fully saturated rings. The lowest BCUT2D eigenvalue weighted by Crippen LogP contribution is -2.14. The number of alkyl halides is 3. The maximum Gasteiger partial charge on any atom is 0.450 e. The number of nitrogens with one attached hydrogen (secondary N) is 1. The van der Waals surface area contributed by atoms with Crippen LogP contribution in [0, 0.1) is 0 Å². The van der Waals surface area contributed by atoms with Gasteiger partial charge in [-0.25, -0.2) is 4.98 Å². The van der Waals surface area contributed by atoms with Crippen LogP contribution in [-0.2, 0) is 11.0 Å². The van der Waals surface area contributed by atoms with Crippen LogP contribution in [0.3, 0.4) is 0 Å².